The number of ether oxygens (including phenoxy) is 1. The molecule has 0 unspecified atom stereocenters. The van der Waals surface area contributed by atoms with Crippen molar-refractivity contribution in [3.05, 3.63) is 22.2 Å². The van der Waals surface area contributed by atoms with Crippen molar-refractivity contribution in [3.63, 3.8) is 0 Å². The van der Waals surface area contributed by atoms with Gasteiger partial charge in [-0.3, -0.25) is 0 Å². The molecule has 0 aliphatic carbocycles. The maximum Gasteiger partial charge on any atom is 0.159 e. The molecular formula is C8H11ClN2O. The number of halogens is 1. The minimum Gasteiger partial charge on any atom is -0.490 e. The molecule has 0 aromatic heterocycles. The third-order valence-corrected chi connectivity index (χ3v) is 2.42. The molecule has 2 heterocycles. The van der Waals surface area contributed by atoms with Gasteiger partial charge in [0.15, 0.2) is 5.76 Å². The number of hydrogen-bond acceptors (Lipinski definition) is 3. The molecule has 2 aliphatic rings. The molecule has 0 spiro atoms. The van der Waals surface area contributed by atoms with Crippen molar-refractivity contribution < 1.29 is 4.74 Å². The first-order valence-corrected chi connectivity index (χ1v) is 4.41. The van der Waals surface area contributed by atoms with Gasteiger partial charge in [0, 0.05) is 11.3 Å². The summed E-state index contributed by atoms with van der Waals surface area (Å²) in [5, 5.41) is 3.56. The molecule has 0 radical (unpaired) electrons. The predicted molar refractivity (Wildman–Crippen MR) is 47.3 cm³/mol. The molecule has 4 heteroatoms. The topological polar surface area (TPSA) is 47.3 Å². The van der Waals surface area contributed by atoms with Crippen LogP contribution in [-0.4, -0.2) is 13.2 Å². The van der Waals surface area contributed by atoms with E-state index in [-0.39, 0.29) is 0 Å². The molecule has 0 aromatic carbocycles. The molecule has 0 saturated carbocycles. The summed E-state index contributed by atoms with van der Waals surface area (Å²) >= 11 is 5.91. The molecule has 0 atom stereocenters. The Morgan fingerprint density at radius 2 is 2.33 bits per heavy atom. The largest absolute Gasteiger partial charge is 0.490 e. The van der Waals surface area contributed by atoms with Crippen LogP contribution in [0, 0.1) is 0 Å². The van der Waals surface area contributed by atoms with Gasteiger partial charge in [0.25, 0.3) is 0 Å². The van der Waals surface area contributed by atoms with Gasteiger partial charge in [0.2, 0.25) is 0 Å². The second-order valence-corrected chi connectivity index (χ2v) is 3.33. The number of fused-ring (bicyclic) bond motifs is 1. The fourth-order valence-corrected chi connectivity index (χ4v) is 1.72. The molecule has 66 valence electrons. The van der Waals surface area contributed by atoms with Crippen LogP contribution in [0.4, 0.5) is 0 Å². The molecular weight excluding hydrogens is 176 g/mol. The molecule has 2 aliphatic heterocycles. The van der Waals surface area contributed by atoms with Crippen LogP contribution in [0.5, 0.6) is 0 Å². The quantitative estimate of drug-likeness (QED) is 0.556. The second kappa shape index (κ2) is 2.90. The number of allylic oxidation sites excluding steroid dienone is 1. The lowest BCUT2D eigenvalue weighted by molar-refractivity contribution is 0.188. The molecule has 3 nitrogen and oxygen atoms in total. The summed E-state index contributed by atoms with van der Waals surface area (Å²) in [5.41, 5.74) is 7.74. The minimum absolute atomic E-state index is 0.596. The summed E-state index contributed by atoms with van der Waals surface area (Å²) in [7, 11) is 0. The second-order valence-electron chi connectivity index (χ2n) is 2.95. The zero-order valence-electron chi connectivity index (χ0n) is 6.69. The van der Waals surface area contributed by atoms with E-state index in [9.17, 15) is 0 Å². The number of hydrogen-bond donors (Lipinski definition) is 2. The van der Waals surface area contributed by atoms with E-state index in [0.29, 0.717) is 11.7 Å². The van der Waals surface area contributed by atoms with Gasteiger partial charge in [-0.2, -0.15) is 0 Å². The zero-order valence-corrected chi connectivity index (χ0v) is 7.45. The summed E-state index contributed by atoms with van der Waals surface area (Å²) in [6, 6.07) is 0. The molecule has 0 amide bonds. The highest BCUT2D eigenvalue weighted by molar-refractivity contribution is 6.29. The van der Waals surface area contributed by atoms with Gasteiger partial charge in [0.1, 0.15) is 5.16 Å². The van der Waals surface area contributed by atoms with Crippen LogP contribution in [-0.2, 0) is 4.74 Å². The van der Waals surface area contributed by atoms with Gasteiger partial charge >= 0.3 is 0 Å². The van der Waals surface area contributed by atoms with Crippen LogP contribution in [0.3, 0.4) is 0 Å². The van der Waals surface area contributed by atoms with Crippen LogP contribution in [0.2, 0.25) is 0 Å². The van der Waals surface area contributed by atoms with Crippen molar-refractivity contribution in [2.45, 2.75) is 12.8 Å². The fourth-order valence-electron chi connectivity index (χ4n) is 1.49. The lowest BCUT2D eigenvalue weighted by atomic mass is 10.0. The lowest BCUT2D eigenvalue weighted by Crippen LogP contribution is -2.29. The normalized spacial score (nSPS) is 23.1. The Morgan fingerprint density at radius 3 is 3.08 bits per heavy atom. The van der Waals surface area contributed by atoms with E-state index in [1.54, 1.807) is 0 Å². The lowest BCUT2D eigenvalue weighted by Gasteiger charge is -2.26. The Kier molecular flexibility index (Phi) is 1.89. The van der Waals surface area contributed by atoms with E-state index in [0.717, 1.165) is 36.5 Å². The van der Waals surface area contributed by atoms with E-state index < -0.39 is 0 Å². The van der Waals surface area contributed by atoms with Gasteiger partial charge in [-0.05, 0) is 12.8 Å². The van der Waals surface area contributed by atoms with Gasteiger partial charge in [-0.15, -0.1) is 0 Å². The zero-order chi connectivity index (χ0) is 8.55. The molecule has 12 heavy (non-hydrogen) atoms. The van der Waals surface area contributed by atoms with Crippen LogP contribution in [0.1, 0.15) is 12.8 Å². The molecule has 2 rings (SSSR count). The van der Waals surface area contributed by atoms with Crippen molar-refractivity contribution in [2.24, 2.45) is 5.73 Å². The third-order valence-electron chi connectivity index (χ3n) is 2.11. The smallest absolute Gasteiger partial charge is 0.159 e. The Balaban J connectivity index is 2.37. The Morgan fingerprint density at radius 1 is 1.50 bits per heavy atom. The Bertz CT molecular complexity index is 242. The van der Waals surface area contributed by atoms with Crippen molar-refractivity contribution in [2.75, 3.05) is 13.2 Å². The van der Waals surface area contributed by atoms with Gasteiger partial charge < -0.3 is 15.8 Å². The monoisotopic (exact) mass is 186 g/mol. The van der Waals surface area contributed by atoms with Crippen LogP contribution in [0.25, 0.3) is 0 Å². The van der Waals surface area contributed by atoms with Gasteiger partial charge in [0.05, 0.1) is 13.2 Å². The minimum atomic E-state index is 0.596. The summed E-state index contributed by atoms with van der Waals surface area (Å²) in [6.07, 6.45) is 2.02. The van der Waals surface area contributed by atoms with Crippen LogP contribution in [0.15, 0.2) is 22.2 Å². The number of dihydropyridines is 1. The van der Waals surface area contributed by atoms with Crippen molar-refractivity contribution in [1.82, 2.24) is 5.32 Å². The average molecular weight is 187 g/mol. The SMILES string of the molecule is NC1=C2CCCOC2=C(Cl)NC1. The number of nitrogens with two attached hydrogens (primary N) is 1. The first-order valence-electron chi connectivity index (χ1n) is 4.03. The summed E-state index contributed by atoms with van der Waals surface area (Å²) < 4.78 is 5.41. The summed E-state index contributed by atoms with van der Waals surface area (Å²) in [4.78, 5) is 0. The summed E-state index contributed by atoms with van der Waals surface area (Å²) in [6.45, 7) is 1.38. The highest BCUT2D eigenvalue weighted by atomic mass is 35.5. The number of rotatable bonds is 0. The van der Waals surface area contributed by atoms with Crippen molar-refractivity contribution in [1.29, 1.82) is 0 Å². The fraction of sp³-hybridized carbons (Fsp3) is 0.500. The van der Waals surface area contributed by atoms with E-state index >= 15 is 0 Å². The van der Waals surface area contributed by atoms with E-state index in [2.05, 4.69) is 5.32 Å². The van der Waals surface area contributed by atoms with Crippen LogP contribution >= 0.6 is 11.6 Å². The Hall–Kier alpha value is -0.830. The maximum atomic E-state index is 5.91. The van der Waals surface area contributed by atoms with Gasteiger partial charge in [-0.1, -0.05) is 11.6 Å². The molecule has 3 N–H and O–H groups in total. The first kappa shape index (κ1) is 7.80. The maximum absolute atomic E-state index is 5.91. The standard InChI is InChI=1S/C8H11ClN2O/c9-8-7-5(2-1-3-12-7)6(10)4-11-8/h11H,1-4,10H2. The molecule has 1 fully saturated rings. The average Bonchev–Trinajstić information content (AvgIpc) is 2.12. The molecule has 1 saturated heterocycles. The highest BCUT2D eigenvalue weighted by Gasteiger charge is 2.23. The first-order chi connectivity index (χ1) is 5.79. The summed E-state index contributed by atoms with van der Waals surface area (Å²) in [5.74, 6) is 0.756. The Labute approximate surface area is 76.2 Å². The highest BCUT2D eigenvalue weighted by Crippen LogP contribution is 2.30. The molecule has 0 aromatic rings. The van der Waals surface area contributed by atoms with Crippen molar-refractivity contribution >= 4 is 11.6 Å². The molecule has 0 bridgehead atoms. The third kappa shape index (κ3) is 1.14. The van der Waals surface area contributed by atoms with E-state index in [1.807, 2.05) is 0 Å². The van der Waals surface area contributed by atoms with Gasteiger partial charge in [-0.25, -0.2) is 0 Å². The predicted octanol–water partition coefficient (Wildman–Crippen LogP) is 1.02. The van der Waals surface area contributed by atoms with E-state index in [4.69, 9.17) is 22.1 Å². The van der Waals surface area contributed by atoms with Crippen molar-refractivity contribution in [3.8, 4) is 0 Å². The van der Waals surface area contributed by atoms with E-state index in [1.165, 1.54) is 0 Å². The number of nitrogens with one attached hydrogen (secondary N) is 1. The van der Waals surface area contributed by atoms with Crippen LogP contribution < -0.4 is 11.1 Å².